The average molecular weight is 611 g/mol. The standard InChI is InChI=1S/C29H22IN7O/c30-18-20-9-11-23(12-10-20)32-29(38)33-24-8-4-7-22(17-24)26-19-36-16-14-31-27(36)28(34-26)37-15-13-25(35-37)21-5-2-1-3-6-21/h1-17,19H,18H2,(H2,32,33,38). The van der Waals surface area contributed by atoms with Gasteiger partial charge in [0, 0.05) is 51.7 Å². The molecule has 0 saturated carbocycles. The van der Waals surface area contributed by atoms with Gasteiger partial charge in [-0.15, -0.1) is 0 Å². The Morgan fingerprint density at radius 2 is 1.61 bits per heavy atom. The first-order valence-corrected chi connectivity index (χ1v) is 13.5. The van der Waals surface area contributed by atoms with Gasteiger partial charge >= 0.3 is 6.03 Å². The Kier molecular flexibility index (Phi) is 6.57. The van der Waals surface area contributed by atoms with Gasteiger partial charge in [0.2, 0.25) is 0 Å². The number of hydrogen-bond acceptors (Lipinski definition) is 4. The Morgan fingerprint density at radius 1 is 0.816 bits per heavy atom. The number of carbonyl (C=O) groups is 1. The van der Waals surface area contributed by atoms with Gasteiger partial charge in [0.25, 0.3) is 0 Å². The van der Waals surface area contributed by atoms with E-state index >= 15 is 0 Å². The normalized spacial score (nSPS) is 11.0. The molecule has 9 heteroatoms. The summed E-state index contributed by atoms with van der Waals surface area (Å²) in [4.78, 5) is 22.0. The van der Waals surface area contributed by atoms with Crippen molar-refractivity contribution in [2.24, 2.45) is 0 Å². The highest BCUT2D eigenvalue weighted by Crippen LogP contribution is 2.25. The summed E-state index contributed by atoms with van der Waals surface area (Å²) in [5.41, 5.74) is 6.74. The predicted octanol–water partition coefficient (Wildman–Crippen LogP) is 6.83. The van der Waals surface area contributed by atoms with Crippen LogP contribution in [0.5, 0.6) is 0 Å². The van der Waals surface area contributed by atoms with Crippen molar-refractivity contribution < 1.29 is 4.79 Å². The van der Waals surface area contributed by atoms with Gasteiger partial charge in [-0.1, -0.05) is 77.2 Å². The second kappa shape index (κ2) is 10.5. The van der Waals surface area contributed by atoms with E-state index in [1.54, 1.807) is 10.9 Å². The van der Waals surface area contributed by atoms with Crippen LogP contribution in [-0.2, 0) is 4.43 Å². The molecule has 3 aromatic carbocycles. The number of aromatic nitrogens is 5. The highest BCUT2D eigenvalue weighted by Gasteiger charge is 2.14. The summed E-state index contributed by atoms with van der Waals surface area (Å²) in [6, 6.07) is 27.0. The van der Waals surface area contributed by atoms with Crippen LogP contribution in [0.4, 0.5) is 16.2 Å². The third-order valence-electron chi connectivity index (χ3n) is 6.01. The average Bonchev–Trinajstić information content (AvgIpc) is 3.64. The van der Waals surface area contributed by atoms with Gasteiger partial charge in [0.1, 0.15) is 0 Å². The zero-order valence-corrected chi connectivity index (χ0v) is 22.3. The molecule has 0 unspecified atom stereocenters. The summed E-state index contributed by atoms with van der Waals surface area (Å²) in [6.45, 7) is 0. The van der Waals surface area contributed by atoms with E-state index in [1.807, 2.05) is 108 Å². The number of alkyl halides is 1. The molecule has 3 aromatic heterocycles. The van der Waals surface area contributed by atoms with E-state index in [2.05, 4.69) is 38.2 Å². The monoisotopic (exact) mass is 611 g/mol. The van der Waals surface area contributed by atoms with E-state index in [1.165, 1.54) is 5.56 Å². The Morgan fingerprint density at radius 3 is 2.42 bits per heavy atom. The molecule has 0 radical (unpaired) electrons. The lowest BCUT2D eigenvalue weighted by molar-refractivity contribution is 0.262. The number of benzene rings is 3. The van der Waals surface area contributed by atoms with Crippen LogP contribution in [-0.4, -0.2) is 30.2 Å². The maximum absolute atomic E-state index is 12.6. The van der Waals surface area contributed by atoms with Crippen molar-refractivity contribution in [3.63, 3.8) is 0 Å². The molecular weight excluding hydrogens is 589 g/mol. The summed E-state index contributed by atoms with van der Waals surface area (Å²) in [5.74, 6) is 0.612. The van der Waals surface area contributed by atoms with E-state index in [0.29, 0.717) is 17.2 Å². The third kappa shape index (κ3) is 5.00. The number of nitrogens with zero attached hydrogens (tertiary/aromatic N) is 5. The number of urea groups is 1. The SMILES string of the molecule is O=C(Nc1ccc(CI)cc1)Nc1cccc(-c2cn3ccnc3c(-n3ccc(-c4ccccc4)n3)n2)c1. The number of imidazole rings is 1. The van der Waals surface area contributed by atoms with Gasteiger partial charge in [-0.25, -0.2) is 19.4 Å². The molecule has 0 aliphatic rings. The van der Waals surface area contributed by atoms with Gasteiger partial charge in [0.15, 0.2) is 11.5 Å². The Hall–Kier alpha value is -4.51. The molecular formula is C29H22IN7O. The fraction of sp³-hybridized carbons (Fsp3) is 0.0345. The Labute approximate surface area is 232 Å². The van der Waals surface area contributed by atoms with Crippen molar-refractivity contribution in [2.75, 3.05) is 10.6 Å². The van der Waals surface area contributed by atoms with E-state index < -0.39 is 0 Å². The van der Waals surface area contributed by atoms with E-state index in [-0.39, 0.29) is 6.03 Å². The summed E-state index contributed by atoms with van der Waals surface area (Å²) < 4.78 is 4.59. The second-order valence-electron chi connectivity index (χ2n) is 8.61. The van der Waals surface area contributed by atoms with Gasteiger partial charge < -0.3 is 15.0 Å². The number of nitrogens with one attached hydrogen (secondary N) is 2. The molecule has 0 atom stereocenters. The molecule has 2 N–H and O–H groups in total. The first-order chi connectivity index (χ1) is 18.7. The van der Waals surface area contributed by atoms with Crippen LogP contribution >= 0.6 is 22.6 Å². The molecule has 6 aromatic rings. The van der Waals surface area contributed by atoms with Crippen molar-refractivity contribution in [3.05, 3.63) is 115 Å². The smallest absolute Gasteiger partial charge is 0.308 e. The second-order valence-corrected chi connectivity index (χ2v) is 9.37. The summed E-state index contributed by atoms with van der Waals surface area (Å²) in [7, 11) is 0. The van der Waals surface area contributed by atoms with Crippen molar-refractivity contribution >= 4 is 45.6 Å². The van der Waals surface area contributed by atoms with E-state index in [9.17, 15) is 4.79 Å². The molecule has 0 spiro atoms. The van der Waals surface area contributed by atoms with Crippen LogP contribution in [0.3, 0.4) is 0 Å². The molecule has 0 aliphatic heterocycles. The zero-order chi connectivity index (χ0) is 25.9. The van der Waals surface area contributed by atoms with Crippen LogP contribution in [0.15, 0.2) is 110 Å². The number of hydrogen-bond donors (Lipinski definition) is 2. The van der Waals surface area contributed by atoms with Crippen LogP contribution in [0.2, 0.25) is 0 Å². The number of fused-ring (bicyclic) bond motifs is 1. The lowest BCUT2D eigenvalue weighted by atomic mass is 10.1. The molecule has 0 bridgehead atoms. The summed E-state index contributed by atoms with van der Waals surface area (Å²) in [6.07, 6.45) is 7.42. The topological polar surface area (TPSA) is 89.1 Å². The molecule has 186 valence electrons. The fourth-order valence-electron chi connectivity index (χ4n) is 4.14. The lowest BCUT2D eigenvalue weighted by Gasteiger charge is -2.11. The van der Waals surface area contributed by atoms with Crippen LogP contribution < -0.4 is 10.6 Å². The number of halogens is 1. The molecule has 0 fully saturated rings. The van der Waals surface area contributed by atoms with Gasteiger partial charge in [0.05, 0.1) is 11.4 Å². The van der Waals surface area contributed by atoms with Gasteiger partial charge in [-0.2, -0.15) is 5.10 Å². The first-order valence-electron chi connectivity index (χ1n) is 11.9. The maximum Gasteiger partial charge on any atom is 0.323 e. The third-order valence-corrected chi connectivity index (χ3v) is 6.90. The minimum Gasteiger partial charge on any atom is -0.308 e. The van der Waals surface area contributed by atoms with Gasteiger partial charge in [-0.05, 0) is 35.9 Å². The zero-order valence-electron chi connectivity index (χ0n) is 20.1. The number of amides is 2. The van der Waals surface area contributed by atoms with E-state index in [4.69, 9.17) is 10.1 Å². The molecule has 2 amide bonds. The lowest BCUT2D eigenvalue weighted by Crippen LogP contribution is -2.19. The summed E-state index contributed by atoms with van der Waals surface area (Å²) >= 11 is 2.31. The van der Waals surface area contributed by atoms with Crippen LogP contribution in [0.25, 0.3) is 34.0 Å². The number of rotatable bonds is 6. The van der Waals surface area contributed by atoms with Gasteiger partial charge in [-0.3, -0.25) is 0 Å². The predicted molar refractivity (Wildman–Crippen MR) is 158 cm³/mol. The molecule has 0 aliphatic carbocycles. The molecule has 3 heterocycles. The highest BCUT2D eigenvalue weighted by atomic mass is 127. The van der Waals surface area contributed by atoms with Crippen molar-refractivity contribution in [1.29, 1.82) is 0 Å². The molecule has 8 nitrogen and oxygen atoms in total. The number of carbonyl (C=O) groups excluding carboxylic acids is 1. The highest BCUT2D eigenvalue weighted by molar-refractivity contribution is 14.1. The largest absolute Gasteiger partial charge is 0.323 e. The fourth-order valence-corrected chi connectivity index (χ4v) is 4.65. The summed E-state index contributed by atoms with van der Waals surface area (Å²) in [5, 5.41) is 10.5. The van der Waals surface area contributed by atoms with E-state index in [0.717, 1.165) is 32.6 Å². The molecule has 0 saturated heterocycles. The van der Waals surface area contributed by atoms with Crippen molar-refractivity contribution in [2.45, 2.75) is 4.43 Å². The van der Waals surface area contributed by atoms with Crippen LogP contribution in [0, 0.1) is 0 Å². The quantitative estimate of drug-likeness (QED) is 0.160. The first kappa shape index (κ1) is 23.9. The van der Waals surface area contributed by atoms with Crippen LogP contribution in [0.1, 0.15) is 5.56 Å². The van der Waals surface area contributed by atoms with Crippen molar-refractivity contribution in [3.8, 4) is 28.3 Å². The Balaban J connectivity index is 1.28. The maximum atomic E-state index is 12.6. The Bertz CT molecular complexity index is 1730. The minimum atomic E-state index is -0.312. The molecule has 6 rings (SSSR count). The minimum absolute atomic E-state index is 0.312. The van der Waals surface area contributed by atoms with Crippen molar-refractivity contribution in [1.82, 2.24) is 24.1 Å². The number of anilines is 2. The molecule has 38 heavy (non-hydrogen) atoms.